The van der Waals surface area contributed by atoms with Crippen LogP contribution in [0.4, 0.5) is 11.4 Å². The van der Waals surface area contributed by atoms with E-state index in [9.17, 15) is 0 Å². The summed E-state index contributed by atoms with van der Waals surface area (Å²) >= 11 is 0. The Hall–Kier alpha value is -3.99. The first kappa shape index (κ1) is 28.6. The van der Waals surface area contributed by atoms with Gasteiger partial charge in [-0.1, -0.05) is 91.9 Å². The molecule has 0 fully saturated rings. The number of fused-ring (bicyclic) bond motifs is 2. The molecule has 0 spiro atoms. The van der Waals surface area contributed by atoms with Crippen LogP contribution in [0.25, 0.3) is 21.8 Å². The van der Waals surface area contributed by atoms with Gasteiger partial charge in [-0.05, 0) is 46.2 Å². The number of hydrogen-bond donors (Lipinski definition) is 0. The van der Waals surface area contributed by atoms with Crippen molar-refractivity contribution in [2.45, 2.75) is 13.3 Å². The predicted molar refractivity (Wildman–Crippen MR) is 158 cm³/mol. The molecule has 0 aliphatic carbocycles. The van der Waals surface area contributed by atoms with Gasteiger partial charge in [-0.2, -0.15) is 18.8 Å². The first-order chi connectivity index (χ1) is 18.3. The van der Waals surface area contributed by atoms with Crippen LogP contribution in [0.15, 0.2) is 132 Å². The second-order valence-electron chi connectivity index (χ2n) is 8.15. The van der Waals surface area contributed by atoms with E-state index in [0.29, 0.717) is 0 Å². The third kappa shape index (κ3) is 8.01. The standard InChI is InChI=1S/2C15H11N2.C3H7.Ti/c2*1-2-7-14(8-3-1)17-11-13-6-4-5-12-9-10-16-15(12)13;1-3-2;/h2*1-11H;1,3H2,2H3;/q3*-1;+4. The second kappa shape index (κ2) is 15.3. The molecule has 38 heavy (non-hydrogen) atoms. The van der Waals surface area contributed by atoms with Gasteiger partial charge in [0.25, 0.3) is 0 Å². The van der Waals surface area contributed by atoms with Crippen molar-refractivity contribution in [3.05, 3.63) is 140 Å². The first-order valence-electron chi connectivity index (χ1n) is 12.3. The second-order valence-corrected chi connectivity index (χ2v) is 8.15. The van der Waals surface area contributed by atoms with Crippen molar-refractivity contribution in [2.75, 3.05) is 0 Å². The van der Waals surface area contributed by atoms with Crippen LogP contribution in [-0.2, 0) is 21.7 Å². The van der Waals surface area contributed by atoms with E-state index in [1.54, 1.807) is 0 Å². The van der Waals surface area contributed by atoms with E-state index in [4.69, 9.17) is 0 Å². The van der Waals surface area contributed by atoms with Gasteiger partial charge in [-0.15, -0.1) is 11.0 Å². The zero-order valence-corrected chi connectivity index (χ0v) is 23.0. The van der Waals surface area contributed by atoms with Crippen LogP contribution in [0, 0.1) is 6.92 Å². The molecular formula is C33H29N4Ti+. The number of para-hydroxylation sites is 4. The van der Waals surface area contributed by atoms with Crippen molar-refractivity contribution in [2.24, 2.45) is 9.98 Å². The molecule has 5 heteroatoms. The molecule has 184 valence electrons. The van der Waals surface area contributed by atoms with E-state index in [-0.39, 0.29) is 21.7 Å². The fraction of sp³-hybridized carbons (Fsp3) is 0.0606. The maximum atomic E-state index is 4.44. The summed E-state index contributed by atoms with van der Waals surface area (Å²) in [6.07, 6.45) is 8.38. The van der Waals surface area contributed by atoms with E-state index in [2.05, 4.69) is 39.0 Å². The van der Waals surface area contributed by atoms with E-state index >= 15 is 0 Å². The number of aromatic nitrogens is 2. The van der Waals surface area contributed by atoms with E-state index in [1.165, 1.54) is 0 Å². The third-order valence-corrected chi connectivity index (χ3v) is 5.33. The fourth-order valence-corrected chi connectivity index (χ4v) is 3.64. The zero-order valence-electron chi connectivity index (χ0n) is 21.4. The van der Waals surface area contributed by atoms with Gasteiger partial charge in [-0.25, -0.2) is 0 Å². The van der Waals surface area contributed by atoms with Crippen LogP contribution in [0.1, 0.15) is 24.5 Å². The number of nitrogens with zero attached hydrogens (tertiary/aromatic N) is 4. The Morgan fingerprint density at radius 3 is 1.37 bits per heavy atom. The van der Waals surface area contributed by atoms with Gasteiger partial charge in [-0.3, -0.25) is 9.98 Å². The van der Waals surface area contributed by atoms with E-state index in [0.717, 1.165) is 50.7 Å². The average molecular weight is 529 g/mol. The molecule has 0 aliphatic heterocycles. The van der Waals surface area contributed by atoms with Gasteiger partial charge in [0, 0.05) is 12.4 Å². The monoisotopic (exact) mass is 529 g/mol. The molecule has 6 rings (SSSR count). The summed E-state index contributed by atoms with van der Waals surface area (Å²) in [6, 6.07) is 36.1. The van der Waals surface area contributed by atoms with Crippen LogP contribution in [0.2, 0.25) is 0 Å². The minimum Gasteiger partial charge on any atom is -0.663 e. The van der Waals surface area contributed by atoms with E-state index in [1.807, 2.05) is 129 Å². The normalized spacial score (nSPS) is 10.6. The molecule has 6 aromatic rings. The largest absolute Gasteiger partial charge is 4.00 e. The van der Waals surface area contributed by atoms with Crippen molar-refractivity contribution >= 4 is 45.6 Å². The molecule has 0 radical (unpaired) electrons. The van der Waals surface area contributed by atoms with Crippen LogP contribution >= 0.6 is 0 Å². The molecule has 2 heterocycles. The molecule has 0 N–H and O–H groups in total. The molecule has 4 aromatic carbocycles. The molecule has 0 saturated heterocycles. The van der Waals surface area contributed by atoms with Crippen LogP contribution in [0.5, 0.6) is 0 Å². The summed E-state index contributed by atoms with van der Waals surface area (Å²) in [5, 5.41) is 2.31. The molecule has 0 atom stereocenters. The van der Waals surface area contributed by atoms with Crippen LogP contribution < -0.4 is 9.97 Å². The van der Waals surface area contributed by atoms with Crippen LogP contribution in [-0.4, -0.2) is 12.4 Å². The van der Waals surface area contributed by atoms with Crippen molar-refractivity contribution in [3.63, 3.8) is 0 Å². The third-order valence-electron chi connectivity index (χ3n) is 5.33. The summed E-state index contributed by atoms with van der Waals surface area (Å²) in [6.45, 7) is 5.50. The molecule has 0 aliphatic rings. The van der Waals surface area contributed by atoms with Gasteiger partial charge in [0.2, 0.25) is 0 Å². The van der Waals surface area contributed by atoms with Gasteiger partial charge < -0.3 is 16.9 Å². The minimum absolute atomic E-state index is 0. The van der Waals surface area contributed by atoms with Crippen molar-refractivity contribution in [1.82, 2.24) is 9.97 Å². The smallest absolute Gasteiger partial charge is 0.663 e. The number of rotatable bonds is 4. The van der Waals surface area contributed by atoms with Gasteiger partial charge in [0.1, 0.15) is 0 Å². The minimum atomic E-state index is 0. The van der Waals surface area contributed by atoms with Crippen molar-refractivity contribution in [3.8, 4) is 0 Å². The van der Waals surface area contributed by atoms with Gasteiger partial charge in [0.05, 0.1) is 11.4 Å². The summed E-state index contributed by atoms with van der Waals surface area (Å²) in [4.78, 5) is 17.6. The Morgan fingerprint density at radius 2 is 0.974 bits per heavy atom. The molecular weight excluding hydrogens is 500 g/mol. The maximum Gasteiger partial charge on any atom is 4.00 e. The first-order valence-corrected chi connectivity index (χ1v) is 12.3. The van der Waals surface area contributed by atoms with Crippen molar-refractivity contribution in [1.29, 1.82) is 0 Å². The van der Waals surface area contributed by atoms with Crippen LogP contribution in [0.3, 0.4) is 0 Å². The van der Waals surface area contributed by atoms with Crippen molar-refractivity contribution < 1.29 is 21.7 Å². The molecule has 0 unspecified atom stereocenters. The maximum absolute atomic E-state index is 4.44. The Balaban J connectivity index is 0.000000187. The fourth-order valence-electron chi connectivity index (χ4n) is 3.64. The Kier molecular flexibility index (Phi) is 11.5. The number of benzene rings is 4. The predicted octanol–water partition coefficient (Wildman–Crippen LogP) is 8.32. The summed E-state index contributed by atoms with van der Waals surface area (Å²) in [7, 11) is 0. The van der Waals surface area contributed by atoms with Gasteiger partial charge >= 0.3 is 21.7 Å². The molecule has 0 saturated carbocycles. The zero-order chi connectivity index (χ0) is 25.7. The molecule has 0 bridgehead atoms. The Labute approximate surface area is 239 Å². The molecule has 0 amide bonds. The Morgan fingerprint density at radius 1 is 0.579 bits per heavy atom. The number of aliphatic imine (C=N–C) groups is 2. The summed E-state index contributed by atoms with van der Waals surface area (Å²) in [5.41, 5.74) is 6.03. The average Bonchev–Trinajstić information content (AvgIpc) is 3.63. The summed E-state index contributed by atoms with van der Waals surface area (Å²) in [5.74, 6) is 0. The molecule has 2 aromatic heterocycles. The quantitative estimate of drug-likeness (QED) is 0.131. The topological polar surface area (TPSA) is 52.9 Å². The van der Waals surface area contributed by atoms with E-state index < -0.39 is 0 Å². The summed E-state index contributed by atoms with van der Waals surface area (Å²) < 4.78 is 0. The molecule has 4 nitrogen and oxygen atoms in total. The number of hydrogen-bond acceptors (Lipinski definition) is 2. The SMILES string of the molecule is C(=Nc1ccccc1)c1cccc2cc[n-]c12.C(=Nc1ccccc1)c1cccc2cc[n-]c12.[CH2-]CC.[Ti+4]. The Bertz CT molecular complexity index is 1440. The van der Waals surface area contributed by atoms with Gasteiger partial charge in [0.15, 0.2) is 0 Å².